The van der Waals surface area contributed by atoms with E-state index in [4.69, 9.17) is 10.2 Å². The molecule has 3 rings (SSSR count). The highest BCUT2D eigenvalue weighted by Gasteiger charge is 2.28. The molecule has 1 aromatic heterocycles. The average molecular weight is 327 g/mol. The Hall–Kier alpha value is -2.14. The second kappa shape index (κ2) is 7.62. The first-order valence-electron chi connectivity index (χ1n) is 8.70. The highest BCUT2D eigenvalue weighted by Crippen LogP contribution is 2.22. The molecule has 1 aliphatic heterocycles. The van der Waals surface area contributed by atoms with Gasteiger partial charge in [0.15, 0.2) is 11.7 Å². The number of hydrogen-bond donors (Lipinski definition) is 1. The number of aryl methyl sites for hydroxylation is 1. The quantitative estimate of drug-likeness (QED) is 0.916. The molecule has 2 aromatic rings. The van der Waals surface area contributed by atoms with Crippen LogP contribution in [-0.2, 0) is 11.2 Å². The second-order valence-electron chi connectivity index (χ2n) is 6.49. The van der Waals surface area contributed by atoms with Crippen molar-refractivity contribution >= 4 is 5.91 Å². The number of nitrogens with zero attached hydrogens (tertiary/aromatic N) is 2. The van der Waals surface area contributed by atoms with Crippen molar-refractivity contribution in [2.75, 3.05) is 6.54 Å². The number of benzene rings is 1. The van der Waals surface area contributed by atoms with Crippen molar-refractivity contribution < 1.29 is 9.21 Å². The van der Waals surface area contributed by atoms with E-state index in [2.05, 4.69) is 4.98 Å². The summed E-state index contributed by atoms with van der Waals surface area (Å²) in [6.45, 7) is 2.79. The van der Waals surface area contributed by atoms with Crippen molar-refractivity contribution in [2.24, 2.45) is 5.73 Å². The lowest BCUT2D eigenvalue weighted by atomic mass is 9.96. The van der Waals surface area contributed by atoms with Gasteiger partial charge in [0.25, 0.3) is 0 Å². The molecule has 2 unspecified atom stereocenters. The second-order valence-corrected chi connectivity index (χ2v) is 6.49. The Bertz CT molecular complexity index is 666. The molecule has 2 N–H and O–H groups in total. The van der Waals surface area contributed by atoms with Gasteiger partial charge in [-0.3, -0.25) is 4.79 Å². The van der Waals surface area contributed by atoms with E-state index in [9.17, 15) is 4.79 Å². The zero-order valence-corrected chi connectivity index (χ0v) is 14.1. The van der Waals surface area contributed by atoms with Crippen LogP contribution in [0.5, 0.6) is 0 Å². The van der Waals surface area contributed by atoms with Crippen molar-refractivity contribution in [1.29, 1.82) is 0 Å². The van der Waals surface area contributed by atoms with E-state index >= 15 is 0 Å². The first-order chi connectivity index (χ1) is 11.6. The average Bonchev–Trinajstić information content (AvgIpc) is 3.09. The Morgan fingerprint density at radius 2 is 2.17 bits per heavy atom. The summed E-state index contributed by atoms with van der Waals surface area (Å²) in [5.74, 6) is 1.50. The highest BCUT2D eigenvalue weighted by molar-refractivity contribution is 5.77. The van der Waals surface area contributed by atoms with Crippen LogP contribution in [-0.4, -0.2) is 34.4 Å². The Balaban J connectivity index is 1.59. The largest absolute Gasteiger partial charge is 0.441 e. The molecule has 0 saturated carbocycles. The van der Waals surface area contributed by atoms with E-state index in [0.29, 0.717) is 18.7 Å². The maximum absolute atomic E-state index is 12.6. The zero-order valence-electron chi connectivity index (χ0n) is 14.1. The van der Waals surface area contributed by atoms with E-state index in [0.717, 1.165) is 37.1 Å². The number of oxazole rings is 1. The summed E-state index contributed by atoms with van der Waals surface area (Å²) in [5, 5.41) is 0. The third-order valence-electron chi connectivity index (χ3n) is 4.64. The van der Waals surface area contributed by atoms with Crippen LogP contribution in [0, 0.1) is 0 Å². The SMILES string of the molecule is CC(N)C1CCCCN1C(=O)CCc1ncc(-c2ccccc2)o1. The number of rotatable bonds is 5. The lowest BCUT2D eigenvalue weighted by Gasteiger charge is -2.38. The third-order valence-corrected chi connectivity index (χ3v) is 4.64. The molecular weight excluding hydrogens is 302 g/mol. The molecule has 5 nitrogen and oxygen atoms in total. The molecule has 0 radical (unpaired) electrons. The summed E-state index contributed by atoms with van der Waals surface area (Å²) in [5.41, 5.74) is 7.04. The van der Waals surface area contributed by atoms with Gasteiger partial charge in [-0.05, 0) is 26.2 Å². The third kappa shape index (κ3) is 3.85. The molecule has 24 heavy (non-hydrogen) atoms. The summed E-state index contributed by atoms with van der Waals surface area (Å²) in [4.78, 5) is 18.8. The van der Waals surface area contributed by atoms with Gasteiger partial charge in [0.2, 0.25) is 5.91 Å². The lowest BCUT2D eigenvalue weighted by Crippen LogP contribution is -2.51. The first kappa shape index (κ1) is 16.7. The Labute approximate surface area is 142 Å². The molecular formula is C19H25N3O2. The van der Waals surface area contributed by atoms with Crippen LogP contribution in [0.25, 0.3) is 11.3 Å². The Morgan fingerprint density at radius 3 is 2.92 bits per heavy atom. The van der Waals surface area contributed by atoms with Crippen molar-refractivity contribution in [3.8, 4) is 11.3 Å². The molecule has 1 amide bonds. The first-order valence-corrected chi connectivity index (χ1v) is 8.70. The van der Waals surface area contributed by atoms with E-state index in [1.165, 1.54) is 0 Å². The topological polar surface area (TPSA) is 72.4 Å². The van der Waals surface area contributed by atoms with Crippen molar-refractivity contribution in [1.82, 2.24) is 9.88 Å². The molecule has 1 aliphatic rings. The van der Waals surface area contributed by atoms with Crippen LogP contribution in [0.2, 0.25) is 0 Å². The fourth-order valence-corrected chi connectivity index (χ4v) is 3.33. The molecule has 1 aromatic carbocycles. The highest BCUT2D eigenvalue weighted by atomic mass is 16.4. The van der Waals surface area contributed by atoms with Gasteiger partial charge in [0.05, 0.1) is 6.20 Å². The summed E-state index contributed by atoms with van der Waals surface area (Å²) >= 11 is 0. The number of hydrogen-bond acceptors (Lipinski definition) is 4. The minimum Gasteiger partial charge on any atom is -0.441 e. The summed E-state index contributed by atoms with van der Waals surface area (Å²) in [6, 6.07) is 10.0. The summed E-state index contributed by atoms with van der Waals surface area (Å²) in [7, 11) is 0. The monoisotopic (exact) mass is 327 g/mol. The molecule has 2 atom stereocenters. The van der Waals surface area contributed by atoms with E-state index in [1.807, 2.05) is 42.2 Å². The smallest absolute Gasteiger partial charge is 0.223 e. The molecule has 0 bridgehead atoms. The van der Waals surface area contributed by atoms with Gasteiger partial charge in [-0.2, -0.15) is 0 Å². The minimum absolute atomic E-state index is 0.0145. The van der Waals surface area contributed by atoms with Gasteiger partial charge >= 0.3 is 0 Å². The summed E-state index contributed by atoms with van der Waals surface area (Å²) in [6.07, 6.45) is 5.87. The molecule has 0 spiro atoms. The predicted molar refractivity (Wildman–Crippen MR) is 93.3 cm³/mol. The van der Waals surface area contributed by atoms with Gasteiger partial charge in [0.1, 0.15) is 0 Å². The maximum Gasteiger partial charge on any atom is 0.223 e. The van der Waals surface area contributed by atoms with Crippen LogP contribution < -0.4 is 5.73 Å². The Morgan fingerprint density at radius 1 is 1.38 bits per heavy atom. The molecule has 1 fully saturated rings. The van der Waals surface area contributed by atoms with E-state index in [-0.39, 0.29) is 18.0 Å². The van der Waals surface area contributed by atoms with E-state index < -0.39 is 0 Å². The van der Waals surface area contributed by atoms with Gasteiger partial charge in [0, 0.05) is 37.0 Å². The van der Waals surface area contributed by atoms with Crippen molar-refractivity contribution in [3.63, 3.8) is 0 Å². The van der Waals surface area contributed by atoms with Gasteiger partial charge < -0.3 is 15.1 Å². The standard InChI is InChI=1S/C19H25N3O2/c1-14(20)16-9-5-6-12-22(16)19(23)11-10-18-21-13-17(24-18)15-7-3-2-4-8-15/h2-4,7-8,13-14,16H,5-6,9-12,20H2,1H3. The van der Waals surface area contributed by atoms with Crippen LogP contribution in [0.15, 0.2) is 40.9 Å². The molecule has 5 heteroatoms. The lowest BCUT2D eigenvalue weighted by molar-refractivity contribution is -0.135. The molecule has 0 aliphatic carbocycles. The number of amides is 1. The number of carbonyl (C=O) groups excluding carboxylic acids is 1. The van der Waals surface area contributed by atoms with Crippen LogP contribution >= 0.6 is 0 Å². The number of piperidine rings is 1. The zero-order chi connectivity index (χ0) is 16.9. The minimum atomic E-state index is 0.0145. The van der Waals surface area contributed by atoms with Gasteiger partial charge in [-0.25, -0.2) is 4.98 Å². The predicted octanol–water partition coefficient (Wildman–Crippen LogP) is 3.00. The van der Waals surface area contributed by atoms with Crippen LogP contribution in [0.4, 0.5) is 0 Å². The fourth-order valence-electron chi connectivity index (χ4n) is 3.33. The van der Waals surface area contributed by atoms with Crippen molar-refractivity contribution in [3.05, 3.63) is 42.4 Å². The Kier molecular flexibility index (Phi) is 5.30. The normalized spacial score (nSPS) is 19.2. The number of nitrogens with two attached hydrogens (primary N) is 1. The van der Waals surface area contributed by atoms with E-state index in [1.54, 1.807) is 6.20 Å². The van der Waals surface area contributed by atoms with Gasteiger partial charge in [-0.1, -0.05) is 30.3 Å². The van der Waals surface area contributed by atoms with Crippen molar-refractivity contribution in [2.45, 2.75) is 51.1 Å². The fraction of sp³-hybridized carbons (Fsp3) is 0.474. The molecule has 128 valence electrons. The van der Waals surface area contributed by atoms with Gasteiger partial charge in [-0.15, -0.1) is 0 Å². The number of carbonyl (C=O) groups is 1. The van der Waals surface area contributed by atoms with Crippen LogP contribution in [0.1, 0.15) is 38.5 Å². The summed E-state index contributed by atoms with van der Waals surface area (Å²) < 4.78 is 5.78. The maximum atomic E-state index is 12.6. The number of aromatic nitrogens is 1. The molecule has 1 saturated heterocycles. The number of likely N-dealkylation sites (tertiary alicyclic amines) is 1. The van der Waals surface area contributed by atoms with Crippen LogP contribution in [0.3, 0.4) is 0 Å². The molecule has 2 heterocycles.